The van der Waals surface area contributed by atoms with E-state index in [1.54, 1.807) is 41.9 Å². The van der Waals surface area contributed by atoms with Crippen molar-refractivity contribution in [1.82, 2.24) is 0 Å². The first kappa shape index (κ1) is 48.0. The maximum atomic E-state index is 11.0. The molecule has 0 rings (SSSR count). The first-order valence-corrected chi connectivity index (χ1v) is 14.8. The Bertz CT molecular complexity index is 1280. The van der Waals surface area contributed by atoms with Crippen molar-refractivity contribution in [3.8, 4) is 18.2 Å². The second-order valence-corrected chi connectivity index (χ2v) is 14.1. The summed E-state index contributed by atoms with van der Waals surface area (Å²) in [7, 11) is 3.19. The molecule has 0 bridgehead atoms. The number of nitrogens with zero attached hydrogens (tertiary/aromatic N) is 9. The summed E-state index contributed by atoms with van der Waals surface area (Å²) >= 11 is 0. The number of carboxylic acid groups (broad SMARTS) is 2. The van der Waals surface area contributed by atoms with Crippen molar-refractivity contribution in [2.24, 2.45) is 42.3 Å². The van der Waals surface area contributed by atoms with E-state index in [1.165, 1.54) is 34.6 Å². The molecule has 0 aromatic heterocycles. The molecule has 48 heavy (non-hydrogen) atoms. The summed E-state index contributed by atoms with van der Waals surface area (Å²) in [6.07, 6.45) is 0.761. The van der Waals surface area contributed by atoms with Crippen LogP contribution in [-0.2, 0) is 19.1 Å². The molecule has 0 saturated heterocycles. The quantitative estimate of drug-likeness (QED) is 0.173. The van der Waals surface area contributed by atoms with Crippen LogP contribution < -0.4 is 5.73 Å². The SMILES string of the molecule is CC(C)(C#N)N=NC(N)=O.CC(C)C(C)(N=NC(C)(C)C(=O)O)C(=O)O.COC(C)(C)CC(C)(C#N)N=NC(C)(C#N)CC(C)(C)OC. The van der Waals surface area contributed by atoms with Crippen LogP contribution in [0.15, 0.2) is 30.7 Å². The van der Waals surface area contributed by atoms with Gasteiger partial charge in [0.05, 0.1) is 29.4 Å². The molecule has 0 aliphatic heterocycles. The standard InChI is InChI=1S/C16H28N4O2.C10H18N2O4.C5H8N4O/c1-13(2,21-7)9-15(5,11-17)19-20-16(6,12-18)10-14(3,4)22-8;1-6(2)10(5,8(15)16)12-11-9(3,4)7(13)14;1-5(2,3-6)9-8-4(7)10/h9-10H2,1-8H3;6H,1-5H3,(H,13,14)(H,15,16);1-2H3,(H2,7,10). The lowest BCUT2D eigenvalue weighted by Crippen LogP contribution is -2.39. The number of carbonyl (C=O) groups is 3. The van der Waals surface area contributed by atoms with E-state index in [0.29, 0.717) is 12.8 Å². The molecule has 4 N–H and O–H groups in total. The van der Waals surface area contributed by atoms with E-state index in [-0.39, 0.29) is 5.92 Å². The van der Waals surface area contributed by atoms with Gasteiger partial charge < -0.3 is 25.4 Å². The van der Waals surface area contributed by atoms with Crippen molar-refractivity contribution in [2.75, 3.05) is 14.2 Å². The number of amides is 2. The number of nitriles is 3. The van der Waals surface area contributed by atoms with Gasteiger partial charge in [0.2, 0.25) is 0 Å². The van der Waals surface area contributed by atoms with E-state index >= 15 is 0 Å². The lowest BCUT2D eigenvalue weighted by molar-refractivity contribution is -0.146. The Morgan fingerprint density at radius 1 is 0.667 bits per heavy atom. The van der Waals surface area contributed by atoms with Crippen molar-refractivity contribution < 1.29 is 34.1 Å². The number of aliphatic carboxylic acids is 2. The maximum absolute atomic E-state index is 11.0. The third-order valence-electron chi connectivity index (χ3n) is 6.88. The van der Waals surface area contributed by atoms with Gasteiger partial charge in [-0.05, 0) is 82.1 Å². The van der Waals surface area contributed by atoms with Gasteiger partial charge in [-0.2, -0.15) is 41.4 Å². The minimum Gasteiger partial charge on any atom is -0.479 e. The molecule has 17 heteroatoms. The number of ether oxygens (including phenoxy) is 2. The van der Waals surface area contributed by atoms with Crippen LogP contribution in [0.4, 0.5) is 4.79 Å². The molecular weight excluding hydrogens is 624 g/mol. The van der Waals surface area contributed by atoms with E-state index < -0.39 is 56.9 Å². The highest BCUT2D eigenvalue weighted by molar-refractivity contribution is 5.79. The van der Waals surface area contributed by atoms with Crippen LogP contribution in [0.2, 0.25) is 0 Å². The number of rotatable bonds is 14. The first-order valence-electron chi connectivity index (χ1n) is 14.8. The van der Waals surface area contributed by atoms with Gasteiger partial charge in [0.1, 0.15) is 0 Å². The maximum Gasteiger partial charge on any atom is 0.356 e. The lowest BCUT2D eigenvalue weighted by Gasteiger charge is -2.31. The van der Waals surface area contributed by atoms with Crippen LogP contribution in [0.5, 0.6) is 0 Å². The van der Waals surface area contributed by atoms with Crippen molar-refractivity contribution in [1.29, 1.82) is 15.8 Å². The zero-order valence-electron chi connectivity index (χ0n) is 31.0. The van der Waals surface area contributed by atoms with Gasteiger partial charge in [-0.15, -0.1) is 0 Å². The van der Waals surface area contributed by atoms with Gasteiger partial charge >= 0.3 is 18.0 Å². The number of primary amides is 1. The third-order valence-corrected chi connectivity index (χ3v) is 6.88. The molecule has 0 spiro atoms. The van der Waals surface area contributed by atoms with Crippen LogP contribution in [0.25, 0.3) is 0 Å². The molecule has 0 aliphatic carbocycles. The molecular formula is C31H54N10O7. The van der Waals surface area contributed by atoms with Gasteiger partial charge in [0.15, 0.2) is 27.7 Å². The Kier molecular flexibility index (Phi) is 18.8. The van der Waals surface area contributed by atoms with E-state index in [1.807, 2.05) is 33.8 Å². The molecule has 3 unspecified atom stereocenters. The van der Waals surface area contributed by atoms with Gasteiger partial charge in [-0.3, -0.25) is 0 Å². The average Bonchev–Trinajstić information content (AvgIpc) is 2.98. The predicted octanol–water partition coefficient (Wildman–Crippen LogP) is 6.25. The highest BCUT2D eigenvalue weighted by Gasteiger charge is 2.39. The molecule has 0 aromatic carbocycles. The summed E-state index contributed by atoms with van der Waals surface area (Å²) in [6, 6.07) is 5.27. The summed E-state index contributed by atoms with van der Waals surface area (Å²) < 4.78 is 10.7. The number of urea groups is 1. The molecule has 0 saturated carbocycles. The monoisotopic (exact) mass is 678 g/mol. The number of nitrogens with two attached hydrogens (primary N) is 1. The topological polar surface area (TPSA) is 282 Å². The number of hydrogen-bond donors (Lipinski definition) is 3. The van der Waals surface area contributed by atoms with Crippen molar-refractivity contribution >= 4 is 18.0 Å². The molecule has 3 atom stereocenters. The van der Waals surface area contributed by atoms with Crippen LogP contribution in [-0.4, -0.2) is 81.3 Å². The number of azo groups is 3. The van der Waals surface area contributed by atoms with E-state index in [0.717, 1.165) is 0 Å². The van der Waals surface area contributed by atoms with Gasteiger partial charge in [0.25, 0.3) is 0 Å². The fourth-order valence-electron chi connectivity index (χ4n) is 3.09. The number of hydrogen-bond acceptors (Lipinski definition) is 13. The van der Waals surface area contributed by atoms with Crippen LogP contribution >= 0.6 is 0 Å². The van der Waals surface area contributed by atoms with E-state index in [2.05, 4.69) is 48.6 Å². The predicted molar refractivity (Wildman–Crippen MR) is 176 cm³/mol. The Labute approximate surface area is 284 Å². The summed E-state index contributed by atoms with van der Waals surface area (Å²) in [6.45, 7) is 21.5. The minimum atomic E-state index is -1.41. The molecule has 0 radical (unpaired) electrons. The summed E-state index contributed by atoms with van der Waals surface area (Å²) in [5, 5.41) is 67.1. The highest BCUT2D eigenvalue weighted by Crippen LogP contribution is 2.31. The number of methoxy groups -OCH3 is 2. The Hall–Kier alpha value is -4.40. The molecule has 0 fully saturated rings. The van der Waals surface area contributed by atoms with Gasteiger partial charge in [-0.1, -0.05) is 19.0 Å². The molecule has 270 valence electrons. The second kappa shape index (κ2) is 18.8. The van der Waals surface area contributed by atoms with Crippen molar-refractivity contribution in [3.63, 3.8) is 0 Å². The Balaban J connectivity index is -0.000000681. The number of carboxylic acids is 2. The van der Waals surface area contributed by atoms with Gasteiger partial charge in [0, 0.05) is 27.1 Å². The number of carbonyl (C=O) groups excluding carboxylic acids is 1. The summed E-state index contributed by atoms with van der Waals surface area (Å²) in [5.74, 6) is -2.54. The lowest BCUT2D eigenvalue weighted by atomic mass is 9.88. The van der Waals surface area contributed by atoms with E-state index in [9.17, 15) is 24.9 Å². The summed E-state index contributed by atoms with van der Waals surface area (Å²) in [4.78, 5) is 31.8. The zero-order chi connectivity index (χ0) is 39.0. The third kappa shape index (κ3) is 18.7. The average molecular weight is 679 g/mol. The molecule has 0 aromatic rings. The Morgan fingerprint density at radius 2 is 1.04 bits per heavy atom. The van der Waals surface area contributed by atoms with Crippen molar-refractivity contribution in [3.05, 3.63) is 0 Å². The minimum absolute atomic E-state index is 0.279. The fourth-order valence-corrected chi connectivity index (χ4v) is 3.09. The highest BCUT2D eigenvalue weighted by atomic mass is 16.5. The molecule has 17 nitrogen and oxygen atoms in total. The largest absolute Gasteiger partial charge is 0.479 e. The smallest absolute Gasteiger partial charge is 0.356 e. The Morgan fingerprint density at radius 3 is 1.27 bits per heavy atom. The second-order valence-electron chi connectivity index (χ2n) is 14.1. The van der Waals surface area contributed by atoms with Gasteiger partial charge in [-0.25, -0.2) is 14.4 Å². The fraction of sp³-hybridized carbons (Fsp3) is 0.806. The molecule has 2 amide bonds. The first-order chi connectivity index (χ1) is 21.4. The molecule has 0 heterocycles. The van der Waals surface area contributed by atoms with Crippen LogP contribution in [0.3, 0.4) is 0 Å². The normalized spacial score (nSPS) is 16.2. The van der Waals surface area contributed by atoms with E-state index in [4.69, 9.17) is 24.9 Å². The molecule has 0 aliphatic rings. The van der Waals surface area contributed by atoms with Crippen molar-refractivity contribution in [2.45, 2.75) is 142 Å². The van der Waals surface area contributed by atoms with Crippen LogP contribution in [0.1, 0.15) is 103 Å². The van der Waals surface area contributed by atoms with Crippen LogP contribution in [0, 0.1) is 39.9 Å². The summed E-state index contributed by atoms with van der Waals surface area (Å²) in [5.41, 5.74) is -2.22. The zero-order valence-corrected chi connectivity index (χ0v) is 31.0.